The van der Waals surface area contributed by atoms with E-state index in [0.717, 1.165) is 25.1 Å². The van der Waals surface area contributed by atoms with Crippen molar-refractivity contribution in [1.82, 2.24) is 4.90 Å². The predicted molar refractivity (Wildman–Crippen MR) is 85.2 cm³/mol. The van der Waals surface area contributed by atoms with E-state index in [9.17, 15) is 4.79 Å². The molecular weight excluding hydrogens is 274 g/mol. The molecule has 1 fully saturated rings. The van der Waals surface area contributed by atoms with Gasteiger partial charge in [0.05, 0.1) is 6.54 Å². The van der Waals surface area contributed by atoms with Crippen LogP contribution in [-0.2, 0) is 4.79 Å². The summed E-state index contributed by atoms with van der Waals surface area (Å²) in [5.74, 6) is 0.0405. The Morgan fingerprint density at radius 2 is 2.10 bits per heavy atom. The van der Waals surface area contributed by atoms with Crippen LogP contribution in [0.15, 0.2) is 30.3 Å². The summed E-state index contributed by atoms with van der Waals surface area (Å²) in [6.07, 6.45) is 3.46. The fraction of sp³-hybridized carbons (Fsp3) is 0.533. The highest BCUT2D eigenvalue weighted by Crippen LogP contribution is 2.18. The zero-order chi connectivity index (χ0) is 13.7. The van der Waals surface area contributed by atoms with E-state index in [2.05, 4.69) is 10.2 Å². The number of benzene rings is 1. The van der Waals surface area contributed by atoms with Crippen LogP contribution in [0.5, 0.6) is 0 Å². The van der Waals surface area contributed by atoms with Gasteiger partial charge < -0.3 is 11.1 Å². The minimum Gasteiger partial charge on any atom is -0.327 e. The second kappa shape index (κ2) is 8.25. The molecule has 112 valence electrons. The first-order valence-electron chi connectivity index (χ1n) is 7.01. The minimum absolute atomic E-state index is 0. The molecule has 1 amide bonds. The number of hydrogen-bond acceptors (Lipinski definition) is 3. The molecule has 0 aliphatic carbocycles. The fourth-order valence-corrected chi connectivity index (χ4v) is 2.71. The van der Waals surface area contributed by atoms with Gasteiger partial charge in [0.15, 0.2) is 0 Å². The Morgan fingerprint density at radius 3 is 2.75 bits per heavy atom. The number of amides is 1. The van der Waals surface area contributed by atoms with Crippen molar-refractivity contribution in [3.63, 3.8) is 0 Å². The molecule has 0 aromatic heterocycles. The fourth-order valence-electron chi connectivity index (χ4n) is 2.71. The van der Waals surface area contributed by atoms with Crippen LogP contribution in [0.25, 0.3) is 0 Å². The third-order valence-electron chi connectivity index (χ3n) is 3.68. The highest BCUT2D eigenvalue weighted by molar-refractivity contribution is 5.92. The number of nitrogens with two attached hydrogens (primary N) is 1. The predicted octanol–water partition coefficient (Wildman–Crippen LogP) is 2.25. The molecule has 20 heavy (non-hydrogen) atoms. The van der Waals surface area contributed by atoms with Gasteiger partial charge in [-0.05, 0) is 38.4 Å². The Hall–Kier alpha value is -1.10. The number of nitrogens with one attached hydrogen (secondary N) is 1. The van der Waals surface area contributed by atoms with Crippen LogP contribution in [0.2, 0.25) is 0 Å². The number of rotatable bonds is 4. The van der Waals surface area contributed by atoms with Crippen molar-refractivity contribution < 1.29 is 4.79 Å². The lowest BCUT2D eigenvalue weighted by molar-refractivity contribution is -0.118. The Balaban J connectivity index is 0.00000200. The molecule has 1 aromatic carbocycles. The number of para-hydroxylation sites is 1. The average molecular weight is 298 g/mol. The third-order valence-corrected chi connectivity index (χ3v) is 3.68. The number of piperidine rings is 1. The largest absolute Gasteiger partial charge is 0.327 e. The summed E-state index contributed by atoms with van der Waals surface area (Å²) >= 11 is 0. The van der Waals surface area contributed by atoms with Crippen molar-refractivity contribution >= 4 is 24.0 Å². The SMILES string of the molecule is CC(N)C1CCCCN1CC(=O)Nc1ccccc1.Cl. The first-order chi connectivity index (χ1) is 9.16. The Bertz CT molecular complexity index is 411. The molecule has 5 heteroatoms. The van der Waals surface area contributed by atoms with Gasteiger partial charge in [0.2, 0.25) is 5.91 Å². The second-order valence-corrected chi connectivity index (χ2v) is 5.31. The van der Waals surface area contributed by atoms with E-state index in [1.54, 1.807) is 0 Å². The Kier molecular flexibility index (Phi) is 6.99. The van der Waals surface area contributed by atoms with E-state index in [-0.39, 0.29) is 24.4 Å². The van der Waals surface area contributed by atoms with Crippen molar-refractivity contribution in [3.05, 3.63) is 30.3 Å². The Morgan fingerprint density at radius 1 is 1.40 bits per heavy atom. The molecular formula is C15H24ClN3O. The molecule has 0 saturated carbocycles. The lowest BCUT2D eigenvalue weighted by Crippen LogP contribution is -2.51. The van der Waals surface area contributed by atoms with Crippen molar-refractivity contribution in [1.29, 1.82) is 0 Å². The minimum atomic E-state index is 0. The Labute approximate surface area is 127 Å². The maximum absolute atomic E-state index is 12.1. The van der Waals surface area contributed by atoms with Gasteiger partial charge in [-0.25, -0.2) is 0 Å². The summed E-state index contributed by atoms with van der Waals surface area (Å²) in [6.45, 7) is 3.42. The van der Waals surface area contributed by atoms with Crippen LogP contribution >= 0.6 is 12.4 Å². The quantitative estimate of drug-likeness (QED) is 0.896. The van der Waals surface area contributed by atoms with Gasteiger partial charge in [0.25, 0.3) is 0 Å². The van der Waals surface area contributed by atoms with Gasteiger partial charge in [0, 0.05) is 17.8 Å². The number of carbonyl (C=O) groups excluding carboxylic acids is 1. The molecule has 0 spiro atoms. The summed E-state index contributed by atoms with van der Waals surface area (Å²) in [5, 5.41) is 2.93. The summed E-state index contributed by atoms with van der Waals surface area (Å²) in [7, 11) is 0. The van der Waals surface area contributed by atoms with E-state index in [0.29, 0.717) is 12.6 Å². The maximum atomic E-state index is 12.1. The number of likely N-dealkylation sites (tertiary alicyclic amines) is 1. The number of nitrogens with zero attached hydrogens (tertiary/aromatic N) is 1. The highest BCUT2D eigenvalue weighted by Gasteiger charge is 2.26. The van der Waals surface area contributed by atoms with E-state index >= 15 is 0 Å². The molecule has 4 nitrogen and oxygen atoms in total. The van der Waals surface area contributed by atoms with Crippen molar-refractivity contribution in [2.75, 3.05) is 18.4 Å². The normalized spacial score (nSPS) is 20.8. The number of anilines is 1. The molecule has 0 bridgehead atoms. The topological polar surface area (TPSA) is 58.4 Å². The lowest BCUT2D eigenvalue weighted by Gasteiger charge is -2.37. The van der Waals surface area contributed by atoms with Gasteiger partial charge in [-0.1, -0.05) is 24.6 Å². The molecule has 2 atom stereocenters. The van der Waals surface area contributed by atoms with E-state index in [1.165, 1.54) is 6.42 Å². The lowest BCUT2D eigenvalue weighted by atomic mass is 9.97. The molecule has 1 aliphatic heterocycles. The zero-order valence-electron chi connectivity index (χ0n) is 11.9. The second-order valence-electron chi connectivity index (χ2n) is 5.31. The first-order valence-corrected chi connectivity index (χ1v) is 7.01. The van der Waals surface area contributed by atoms with E-state index in [4.69, 9.17) is 5.73 Å². The highest BCUT2D eigenvalue weighted by atomic mass is 35.5. The molecule has 1 heterocycles. The number of carbonyl (C=O) groups is 1. The van der Waals surface area contributed by atoms with Crippen LogP contribution in [0.4, 0.5) is 5.69 Å². The maximum Gasteiger partial charge on any atom is 0.238 e. The molecule has 1 saturated heterocycles. The summed E-state index contributed by atoms with van der Waals surface area (Å²) in [6, 6.07) is 10.0. The standard InChI is InChI=1S/C15H23N3O.ClH/c1-12(16)14-9-5-6-10-18(14)11-15(19)17-13-7-3-2-4-8-13;/h2-4,7-8,12,14H,5-6,9-11,16H2,1H3,(H,17,19);1H. The van der Waals surface area contributed by atoms with Gasteiger partial charge in [-0.2, -0.15) is 0 Å². The van der Waals surface area contributed by atoms with Crippen molar-refractivity contribution in [2.24, 2.45) is 5.73 Å². The summed E-state index contributed by atoms with van der Waals surface area (Å²) in [5.41, 5.74) is 6.86. The number of hydrogen-bond donors (Lipinski definition) is 2. The molecule has 1 aromatic rings. The molecule has 3 N–H and O–H groups in total. The summed E-state index contributed by atoms with van der Waals surface area (Å²) < 4.78 is 0. The van der Waals surface area contributed by atoms with Gasteiger partial charge in [-0.3, -0.25) is 9.69 Å². The van der Waals surface area contributed by atoms with Crippen LogP contribution in [0, 0.1) is 0 Å². The monoisotopic (exact) mass is 297 g/mol. The van der Waals surface area contributed by atoms with Crippen LogP contribution < -0.4 is 11.1 Å². The van der Waals surface area contributed by atoms with Gasteiger partial charge in [-0.15, -0.1) is 12.4 Å². The van der Waals surface area contributed by atoms with Crippen LogP contribution in [0.1, 0.15) is 26.2 Å². The van der Waals surface area contributed by atoms with Crippen molar-refractivity contribution in [2.45, 2.75) is 38.3 Å². The number of halogens is 1. The van der Waals surface area contributed by atoms with Gasteiger partial charge >= 0.3 is 0 Å². The van der Waals surface area contributed by atoms with Gasteiger partial charge in [0.1, 0.15) is 0 Å². The summed E-state index contributed by atoms with van der Waals surface area (Å²) in [4.78, 5) is 14.3. The molecule has 2 unspecified atom stereocenters. The molecule has 0 radical (unpaired) electrons. The molecule has 1 aliphatic rings. The van der Waals surface area contributed by atoms with E-state index < -0.39 is 0 Å². The zero-order valence-corrected chi connectivity index (χ0v) is 12.7. The third kappa shape index (κ3) is 4.78. The van der Waals surface area contributed by atoms with E-state index in [1.807, 2.05) is 37.3 Å². The molecule has 2 rings (SSSR count). The van der Waals surface area contributed by atoms with Crippen LogP contribution in [-0.4, -0.2) is 36.0 Å². The first kappa shape index (κ1) is 17.0. The van der Waals surface area contributed by atoms with Crippen molar-refractivity contribution in [3.8, 4) is 0 Å². The van der Waals surface area contributed by atoms with Crippen LogP contribution in [0.3, 0.4) is 0 Å². The average Bonchev–Trinajstić information content (AvgIpc) is 2.40. The smallest absolute Gasteiger partial charge is 0.238 e.